The summed E-state index contributed by atoms with van der Waals surface area (Å²) in [6.45, 7) is 7.84. The highest BCUT2D eigenvalue weighted by Crippen LogP contribution is 2.45. The average Bonchev–Trinajstić information content (AvgIpc) is 3.80. The summed E-state index contributed by atoms with van der Waals surface area (Å²) in [6, 6.07) is 23.7. The minimum atomic E-state index is -1.94. The SMILES string of the molecule is CCc1c2c(nc3ccccc13)-c1cc3c(c(=O)n1C2)COC(=O)[C@@]3(CC)OC(=O)[C@@H](NC(=O)[C@@H](N)CCCCNC(=O)OCC1c2ccccc2-c2ccccc21)C(C)C. The Kier molecular flexibility index (Phi) is 11.5. The number of carbonyl (C=O) groups is 4. The van der Waals surface area contributed by atoms with Gasteiger partial charge in [0, 0.05) is 29.0 Å². The molecule has 0 bridgehead atoms. The van der Waals surface area contributed by atoms with Crippen LogP contribution in [-0.4, -0.2) is 58.7 Å². The Labute approximate surface area is 354 Å². The summed E-state index contributed by atoms with van der Waals surface area (Å²) in [5, 5.41) is 6.55. The lowest BCUT2D eigenvalue weighted by atomic mass is 9.85. The number of nitrogens with two attached hydrogens (primary N) is 1. The summed E-state index contributed by atoms with van der Waals surface area (Å²) in [4.78, 5) is 72.9. The Bertz CT molecular complexity index is 2570. The molecule has 0 radical (unpaired) electrons. The lowest BCUT2D eigenvalue weighted by Crippen LogP contribution is -2.54. The molecular weight excluding hydrogens is 775 g/mol. The number of fused-ring (bicyclic) bond motifs is 8. The quantitative estimate of drug-likeness (QED) is 0.0635. The topological polar surface area (TPSA) is 181 Å². The van der Waals surface area contributed by atoms with E-state index in [0.29, 0.717) is 37.3 Å². The number of rotatable bonds is 14. The fraction of sp³-hybridized carbons (Fsp3) is 0.375. The van der Waals surface area contributed by atoms with E-state index in [1.54, 1.807) is 31.4 Å². The summed E-state index contributed by atoms with van der Waals surface area (Å²) in [6.07, 6.45) is 1.54. The predicted molar refractivity (Wildman–Crippen MR) is 229 cm³/mol. The van der Waals surface area contributed by atoms with Crippen molar-refractivity contribution >= 4 is 34.8 Å². The van der Waals surface area contributed by atoms with E-state index in [4.69, 9.17) is 24.9 Å². The Morgan fingerprint density at radius 3 is 2.33 bits per heavy atom. The number of amides is 2. The number of alkyl carbamates (subject to hydrolysis) is 1. The molecule has 4 N–H and O–H groups in total. The molecule has 0 saturated heterocycles. The lowest BCUT2D eigenvalue weighted by Gasteiger charge is -2.37. The number of para-hydroxylation sites is 1. The van der Waals surface area contributed by atoms with E-state index in [0.717, 1.165) is 50.7 Å². The second-order valence-electron chi connectivity index (χ2n) is 16.4. The van der Waals surface area contributed by atoms with Crippen LogP contribution in [0.1, 0.15) is 92.7 Å². The van der Waals surface area contributed by atoms with E-state index in [2.05, 4.69) is 41.8 Å². The van der Waals surface area contributed by atoms with Gasteiger partial charge < -0.3 is 35.1 Å². The van der Waals surface area contributed by atoms with Crippen molar-refractivity contribution in [3.05, 3.63) is 123 Å². The van der Waals surface area contributed by atoms with Crippen LogP contribution in [-0.2, 0) is 53.8 Å². The van der Waals surface area contributed by atoms with Crippen LogP contribution in [0.5, 0.6) is 0 Å². The van der Waals surface area contributed by atoms with E-state index in [9.17, 15) is 24.0 Å². The third kappa shape index (κ3) is 7.45. The number of aryl methyl sites for hydroxylation is 1. The van der Waals surface area contributed by atoms with E-state index in [1.807, 2.05) is 48.5 Å². The third-order valence-corrected chi connectivity index (χ3v) is 12.4. The maximum atomic E-state index is 14.1. The number of nitrogens with zero attached hydrogens (tertiary/aromatic N) is 2. The number of aromatic nitrogens is 2. The summed E-state index contributed by atoms with van der Waals surface area (Å²) < 4.78 is 18.9. The third-order valence-electron chi connectivity index (χ3n) is 12.4. The molecule has 2 aliphatic heterocycles. The van der Waals surface area contributed by atoms with Crippen molar-refractivity contribution in [1.82, 2.24) is 20.2 Å². The molecule has 2 amide bonds. The van der Waals surface area contributed by atoms with Gasteiger partial charge in [-0.05, 0) is 78.0 Å². The van der Waals surface area contributed by atoms with E-state index in [1.165, 1.54) is 0 Å². The first-order chi connectivity index (χ1) is 29.5. The Hall–Kier alpha value is -6.34. The minimum Gasteiger partial charge on any atom is -0.457 e. The van der Waals surface area contributed by atoms with Crippen LogP contribution in [0.2, 0.25) is 0 Å². The van der Waals surface area contributed by atoms with Crippen molar-refractivity contribution < 1.29 is 33.4 Å². The maximum absolute atomic E-state index is 14.1. The summed E-state index contributed by atoms with van der Waals surface area (Å²) in [5.41, 5.74) is 13.1. The van der Waals surface area contributed by atoms with Crippen molar-refractivity contribution in [2.75, 3.05) is 13.2 Å². The zero-order valence-electron chi connectivity index (χ0n) is 34.9. The highest BCUT2D eigenvalue weighted by atomic mass is 16.6. The molecule has 1 aliphatic carbocycles. The van der Waals surface area contributed by atoms with Gasteiger partial charge in [0.2, 0.25) is 11.5 Å². The van der Waals surface area contributed by atoms with Gasteiger partial charge in [-0.2, -0.15) is 0 Å². The van der Waals surface area contributed by atoms with Crippen LogP contribution in [0, 0.1) is 5.92 Å². The molecule has 3 aromatic carbocycles. The normalized spacial score (nSPS) is 17.0. The number of ether oxygens (including phenoxy) is 3. The number of cyclic esters (lactones) is 1. The monoisotopic (exact) mass is 825 g/mol. The summed E-state index contributed by atoms with van der Waals surface area (Å²) in [7, 11) is 0. The van der Waals surface area contributed by atoms with E-state index >= 15 is 0 Å². The Balaban J connectivity index is 0.887. The number of nitrogens with one attached hydrogen (secondary N) is 2. The molecule has 0 saturated carbocycles. The zero-order chi connectivity index (χ0) is 43.0. The molecule has 3 atom stereocenters. The summed E-state index contributed by atoms with van der Waals surface area (Å²) in [5.74, 6) is -2.70. The smallest absolute Gasteiger partial charge is 0.407 e. The number of hydrogen-bond acceptors (Lipinski definition) is 10. The second-order valence-corrected chi connectivity index (χ2v) is 16.4. The van der Waals surface area contributed by atoms with Crippen LogP contribution in [0.25, 0.3) is 33.4 Å². The molecule has 0 fully saturated rings. The van der Waals surface area contributed by atoms with Gasteiger partial charge in [0.05, 0.1) is 35.1 Å². The van der Waals surface area contributed by atoms with Gasteiger partial charge in [0.25, 0.3) is 5.56 Å². The van der Waals surface area contributed by atoms with Crippen molar-refractivity contribution in [2.24, 2.45) is 11.7 Å². The number of pyridine rings is 2. The molecular formula is C48H51N5O8. The average molecular weight is 826 g/mol. The fourth-order valence-corrected chi connectivity index (χ4v) is 9.13. The first kappa shape index (κ1) is 41.4. The van der Waals surface area contributed by atoms with Gasteiger partial charge in [-0.25, -0.2) is 19.4 Å². The standard InChI is InChI=1S/C48H51N5O8/c1-5-28-33-19-11-12-21-39(33)51-42-34(28)24-53-40(42)23-37-36(44(53)55)26-59-46(57)48(37,6-2)61-45(56)41(27(3)4)52-43(54)38(49)20-13-14-22-50-47(58)60-25-35-31-17-9-7-15-29(31)30-16-8-10-18-32(30)35/h7-12,15-19,21,23,27,35,38,41H,5-6,13-14,20,22,24-26,49H2,1-4H3,(H,50,58)(H,52,54)/t38-,41-,48-/m0/s1. The molecule has 8 rings (SSSR count). The molecule has 4 heterocycles. The van der Waals surface area contributed by atoms with Crippen molar-refractivity contribution in [1.29, 1.82) is 0 Å². The van der Waals surface area contributed by atoms with Crippen molar-refractivity contribution in [2.45, 2.75) is 96.6 Å². The zero-order valence-corrected chi connectivity index (χ0v) is 34.9. The predicted octanol–water partition coefficient (Wildman–Crippen LogP) is 6.37. The first-order valence-corrected chi connectivity index (χ1v) is 21.2. The van der Waals surface area contributed by atoms with Crippen molar-refractivity contribution in [3.8, 4) is 22.5 Å². The number of unbranched alkanes of at least 4 members (excludes halogenated alkanes) is 1. The highest BCUT2D eigenvalue weighted by molar-refractivity contribution is 5.92. The largest absolute Gasteiger partial charge is 0.457 e. The maximum Gasteiger partial charge on any atom is 0.407 e. The lowest BCUT2D eigenvalue weighted by molar-refractivity contribution is -0.191. The van der Waals surface area contributed by atoms with Crippen LogP contribution >= 0.6 is 0 Å². The molecule has 61 heavy (non-hydrogen) atoms. The molecule has 3 aliphatic rings. The van der Waals surface area contributed by atoms with Crippen LogP contribution in [0.3, 0.4) is 0 Å². The molecule has 13 nitrogen and oxygen atoms in total. The number of esters is 2. The Morgan fingerprint density at radius 2 is 1.64 bits per heavy atom. The fourth-order valence-electron chi connectivity index (χ4n) is 9.13. The summed E-state index contributed by atoms with van der Waals surface area (Å²) >= 11 is 0. The molecule has 0 unspecified atom stereocenters. The van der Waals surface area contributed by atoms with Gasteiger partial charge >= 0.3 is 18.0 Å². The second kappa shape index (κ2) is 17.0. The first-order valence-electron chi connectivity index (χ1n) is 21.2. The highest BCUT2D eigenvalue weighted by Gasteiger charge is 2.51. The molecule has 316 valence electrons. The number of benzene rings is 3. The van der Waals surface area contributed by atoms with Crippen LogP contribution in [0.4, 0.5) is 4.79 Å². The number of hydrogen-bond donors (Lipinski definition) is 3. The minimum absolute atomic E-state index is 0.0198. The molecule has 13 heteroatoms. The molecule has 2 aromatic heterocycles. The van der Waals surface area contributed by atoms with Gasteiger partial charge in [-0.1, -0.05) is 94.4 Å². The van der Waals surface area contributed by atoms with Crippen LogP contribution < -0.4 is 21.9 Å². The van der Waals surface area contributed by atoms with Gasteiger partial charge in [-0.3, -0.25) is 9.59 Å². The Morgan fingerprint density at radius 1 is 0.951 bits per heavy atom. The van der Waals surface area contributed by atoms with E-state index < -0.39 is 47.5 Å². The van der Waals surface area contributed by atoms with Gasteiger partial charge in [0.1, 0.15) is 19.3 Å². The molecule has 0 spiro atoms. The van der Waals surface area contributed by atoms with Gasteiger partial charge in [-0.15, -0.1) is 0 Å². The van der Waals surface area contributed by atoms with Crippen molar-refractivity contribution in [3.63, 3.8) is 0 Å². The van der Waals surface area contributed by atoms with Gasteiger partial charge in [0.15, 0.2) is 0 Å². The number of carbonyl (C=O) groups excluding carboxylic acids is 4. The molecule has 5 aromatic rings. The van der Waals surface area contributed by atoms with E-state index in [-0.39, 0.29) is 48.7 Å². The van der Waals surface area contributed by atoms with Crippen LogP contribution in [0.15, 0.2) is 83.7 Å².